The van der Waals surface area contributed by atoms with Gasteiger partial charge in [-0.1, -0.05) is 26.0 Å². The van der Waals surface area contributed by atoms with Gasteiger partial charge in [0.15, 0.2) is 0 Å². The van der Waals surface area contributed by atoms with Crippen LogP contribution in [0.25, 0.3) is 0 Å². The quantitative estimate of drug-likeness (QED) is 0.746. The van der Waals surface area contributed by atoms with Gasteiger partial charge in [0, 0.05) is 12.3 Å². The molecule has 1 aromatic heterocycles. The lowest BCUT2D eigenvalue weighted by Gasteiger charge is -2.09. The van der Waals surface area contributed by atoms with Crippen LogP contribution < -0.4 is 4.72 Å². The van der Waals surface area contributed by atoms with Crippen molar-refractivity contribution in [2.45, 2.75) is 30.4 Å². The minimum absolute atomic E-state index is 0.313. The zero-order valence-corrected chi connectivity index (χ0v) is 14.4. The van der Waals surface area contributed by atoms with Crippen LogP contribution in [-0.2, 0) is 15.8 Å². The van der Waals surface area contributed by atoms with Gasteiger partial charge in [-0.3, -0.25) is 0 Å². The smallest absolute Gasteiger partial charge is 0.240 e. The molecule has 1 heterocycles. The van der Waals surface area contributed by atoms with E-state index >= 15 is 0 Å². The molecule has 1 N–H and O–H groups in total. The second-order valence-electron chi connectivity index (χ2n) is 5.25. The predicted molar refractivity (Wildman–Crippen MR) is 90.6 cm³/mol. The monoisotopic (exact) mass is 339 g/mol. The van der Waals surface area contributed by atoms with E-state index < -0.39 is 10.0 Å². The van der Waals surface area contributed by atoms with Gasteiger partial charge in [-0.2, -0.15) is 11.8 Å². The summed E-state index contributed by atoms with van der Waals surface area (Å²) in [4.78, 5) is 0.313. The fraction of sp³-hybridized carbons (Fsp3) is 0.375. The molecular weight excluding hydrogens is 318 g/mol. The van der Waals surface area contributed by atoms with Gasteiger partial charge < -0.3 is 4.42 Å². The highest BCUT2D eigenvalue weighted by molar-refractivity contribution is 7.98. The van der Waals surface area contributed by atoms with E-state index in [4.69, 9.17) is 4.42 Å². The van der Waals surface area contributed by atoms with Crippen molar-refractivity contribution in [1.82, 2.24) is 4.72 Å². The van der Waals surface area contributed by atoms with Gasteiger partial charge in [0.2, 0.25) is 10.0 Å². The van der Waals surface area contributed by atoms with Crippen molar-refractivity contribution in [2.24, 2.45) is 0 Å². The first-order valence-electron chi connectivity index (χ1n) is 7.19. The van der Waals surface area contributed by atoms with Gasteiger partial charge in [-0.05, 0) is 35.7 Å². The number of benzene rings is 1. The summed E-state index contributed by atoms with van der Waals surface area (Å²) in [5.74, 6) is 2.74. The lowest BCUT2D eigenvalue weighted by atomic mass is 10.0. The van der Waals surface area contributed by atoms with E-state index in [0.29, 0.717) is 23.1 Å². The van der Waals surface area contributed by atoms with Crippen LogP contribution in [0.2, 0.25) is 0 Å². The third-order valence-electron chi connectivity index (χ3n) is 3.22. The Morgan fingerprint density at radius 3 is 2.50 bits per heavy atom. The minimum atomic E-state index is -3.42. The number of hydrogen-bond acceptors (Lipinski definition) is 4. The lowest BCUT2D eigenvalue weighted by Crippen LogP contribution is -2.26. The number of rotatable bonds is 8. The molecule has 0 saturated carbocycles. The van der Waals surface area contributed by atoms with Crippen molar-refractivity contribution in [3.05, 3.63) is 54.0 Å². The van der Waals surface area contributed by atoms with E-state index in [9.17, 15) is 8.42 Å². The number of sulfonamides is 1. The van der Waals surface area contributed by atoms with E-state index in [-0.39, 0.29) is 0 Å². The normalized spacial score (nSPS) is 12.0. The van der Waals surface area contributed by atoms with Crippen LogP contribution in [0.3, 0.4) is 0 Å². The summed E-state index contributed by atoms with van der Waals surface area (Å²) in [6.45, 7) is 4.57. The molecule has 0 aliphatic carbocycles. The molecule has 22 heavy (non-hydrogen) atoms. The Bertz CT molecular complexity index is 662. The average Bonchev–Trinajstić information content (AvgIpc) is 3.00. The highest BCUT2D eigenvalue weighted by Gasteiger charge is 2.13. The Labute approximate surface area is 136 Å². The van der Waals surface area contributed by atoms with Crippen LogP contribution in [0.1, 0.15) is 31.1 Å². The molecule has 2 aromatic rings. The Balaban J connectivity index is 1.80. The molecule has 0 unspecified atom stereocenters. The van der Waals surface area contributed by atoms with Crippen LogP contribution in [0.5, 0.6) is 0 Å². The van der Waals surface area contributed by atoms with E-state index in [0.717, 1.165) is 17.1 Å². The molecule has 0 amide bonds. The minimum Gasteiger partial charge on any atom is -0.468 e. The van der Waals surface area contributed by atoms with Crippen molar-refractivity contribution in [1.29, 1.82) is 0 Å². The molecule has 0 bridgehead atoms. The van der Waals surface area contributed by atoms with Gasteiger partial charge in [0.05, 0.1) is 16.9 Å². The molecule has 0 spiro atoms. The van der Waals surface area contributed by atoms with Crippen molar-refractivity contribution in [2.75, 3.05) is 12.3 Å². The Morgan fingerprint density at radius 1 is 1.18 bits per heavy atom. The molecule has 0 radical (unpaired) electrons. The fourth-order valence-corrected chi connectivity index (χ4v) is 3.85. The second-order valence-corrected chi connectivity index (χ2v) is 8.13. The van der Waals surface area contributed by atoms with E-state index in [2.05, 4.69) is 18.6 Å². The topological polar surface area (TPSA) is 59.3 Å². The van der Waals surface area contributed by atoms with Crippen molar-refractivity contribution < 1.29 is 12.8 Å². The molecule has 0 aliphatic rings. The largest absolute Gasteiger partial charge is 0.468 e. The summed E-state index contributed by atoms with van der Waals surface area (Å²) in [5.41, 5.74) is 1.13. The van der Waals surface area contributed by atoms with Crippen LogP contribution in [-0.4, -0.2) is 20.7 Å². The van der Waals surface area contributed by atoms with Gasteiger partial charge in [-0.15, -0.1) is 0 Å². The summed E-state index contributed by atoms with van der Waals surface area (Å²) in [5, 5.41) is 0. The maximum atomic E-state index is 12.2. The van der Waals surface area contributed by atoms with Gasteiger partial charge in [-0.25, -0.2) is 13.1 Å². The molecule has 1 aromatic carbocycles. The van der Waals surface area contributed by atoms with Gasteiger partial charge >= 0.3 is 0 Å². The third-order valence-corrected chi connectivity index (χ3v) is 5.68. The standard InChI is InChI=1S/C16H21NO3S2/c1-13(2)14-5-7-16(8-6-14)22(18,19)17-9-11-21-12-15-4-3-10-20-15/h3-8,10,13,17H,9,11-12H2,1-2H3. The molecule has 0 atom stereocenters. The summed E-state index contributed by atoms with van der Waals surface area (Å²) < 4.78 is 32.2. The summed E-state index contributed by atoms with van der Waals surface area (Å²) >= 11 is 1.63. The Hall–Kier alpha value is -1.24. The van der Waals surface area contributed by atoms with E-state index in [1.165, 1.54) is 0 Å². The van der Waals surface area contributed by atoms with Crippen molar-refractivity contribution in [3.63, 3.8) is 0 Å². The lowest BCUT2D eigenvalue weighted by molar-refractivity contribution is 0.530. The maximum absolute atomic E-state index is 12.2. The molecule has 2 rings (SSSR count). The highest BCUT2D eigenvalue weighted by Crippen LogP contribution is 2.17. The van der Waals surface area contributed by atoms with Crippen LogP contribution in [0, 0.1) is 0 Å². The fourth-order valence-electron chi connectivity index (χ4n) is 1.93. The van der Waals surface area contributed by atoms with Crippen molar-refractivity contribution in [3.8, 4) is 0 Å². The first-order chi connectivity index (χ1) is 10.5. The Morgan fingerprint density at radius 2 is 1.91 bits per heavy atom. The maximum Gasteiger partial charge on any atom is 0.240 e. The van der Waals surface area contributed by atoms with Crippen LogP contribution in [0.15, 0.2) is 52.0 Å². The summed E-state index contributed by atoms with van der Waals surface area (Å²) in [6.07, 6.45) is 1.64. The molecule has 0 aliphatic heterocycles. The Kier molecular flexibility index (Phi) is 6.11. The number of hydrogen-bond donors (Lipinski definition) is 1. The second kappa shape index (κ2) is 7.85. The van der Waals surface area contributed by atoms with E-state index in [1.807, 2.05) is 24.3 Å². The van der Waals surface area contributed by atoms with Crippen molar-refractivity contribution >= 4 is 21.8 Å². The zero-order chi connectivity index (χ0) is 16.0. The highest BCUT2D eigenvalue weighted by atomic mass is 32.2. The van der Waals surface area contributed by atoms with E-state index in [1.54, 1.807) is 30.2 Å². The van der Waals surface area contributed by atoms with Gasteiger partial charge in [0.25, 0.3) is 0 Å². The summed E-state index contributed by atoms with van der Waals surface area (Å²) in [6, 6.07) is 10.8. The average molecular weight is 339 g/mol. The third kappa shape index (κ3) is 4.90. The molecule has 0 fully saturated rings. The summed E-state index contributed by atoms with van der Waals surface area (Å²) in [7, 11) is -3.42. The number of nitrogens with one attached hydrogen (secondary N) is 1. The van der Waals surface area contributed by atoms with Crippen LogP contribution in [0.4, 0.5) is 0 Å². The van der Waals surface area contributed by atoms with Crippen LogP contribution >= 0.6 is 11.8 Å². The number of thioether (sulfide) groups is 1. The number of furan rings is 1. The first kappa shape index (κ1) is 17.1. The molecule has 4 nitrogen and oxygen atoms in total. The molecular formula is C16H21NO3S2. The molecule has 0 saturated heterocycles. The SMILES string of the molecule is CC(C)c1ccc(S(=O)(=O)NCCSCc2ccco2)cc1. The predicted octanol–water partition coefficient (Wildman–Crippen LogP) is 3.61. The zero-order valence-electron chi connectivity index (χ0n) is 12.8. The van der Waals surface area contributed by atoms with Gasteiger partial charge in [0.1, 0.15) is 5.76 Å². The molecule has 6 heteroatoms. The first-order valence-corrected chi connectivity index (χ1v) is 9.82. The molecule has 120 valence electrons.